The third kappa shape index (κ3) is 3.68. The number of nitrogens with zero attached hydrogens (tertiary/aromatic N) is 5. The fraction of sp³-hybridized carbons (Fsp3) is 0.562. The Hall–Kier alpha value is -1.58. The Morgan fingerprint density at radius 1 is 1.28 bits per heavy atom. The number of benzene rings is 1. The van der Waals surface area contributed by atoms with Gasteiger partial charge >= 0.3 is 0 Å². The van der Waals surface area contributed by atoms with Crippen LogP contribution in [0.15, 0.2) is 18.2 Å². The van der Waals surface area contributed by atoms with Gasteiger partial charge in [0.05, 0.1) is 23.9 Å². The van der Waals surface area contributed by atoms with Crippen LogP contribution in [0.2, 0.25) is 0 Å². The third-order valence-corrected chi connectivity index (χ3v) is 6.87. The van der Waals surface area contributed by atoms with Crippen LogP contribution in [-0.2, 0) is 16.5 Å². The van der Waals surface area contributed by atoms with E-state index >= 15 is 0 Å². The summed E-state index contributed by atoms with van der Waals surface area (Å²) in [5, 5.41) is 8.43. The first-order chi connectivity index (χ1) is 11.8. The van der Waals surface area contributed by atoms with E-state index in [1.165, 1.54) is 0 Å². The van der Waals surface area contributed by atoms with Gasteiger partial charge in [0.1, 0.15) is 0 Å². The van der Waals surface area contributed by atoms with Crippen molar-refractivity contribution in [2.45, 2.75) is 39.9 Å². The molecule has 1 aliphatic rings. The summed E-state index contributed by atoms with van der Waals surface area (Å²) < 4.78 is 27.4. The predicted octanol–water partition coefficient (Wildman–Crippen LogP) is 1.88. The molecule has 7 nitrogen and oxygen atoms in total. The van der Waals surface area contributed by atoms with Crippen LogP contribution in [0.1, 0.15) is 24.5 Å². The van der Waals surface area contributed by atoms with Gasteiger partial charge in [0, 0.05) is 6.04 Å². The second-order valence-corrected chi connectivity index (χ2v) is 9.11. The SMILES string of the molecule is CCN(Cn1nnn(-c2c(C)cccc2C)c1=S)[C@@H]1CCS(=O)(=O)C1. The second-order valence-electron chi connectivity index (χ2n) is 6.52. The van der Waals surface area contributed by atoms with Crippen molar-refractivity contribution in [1.29, 1.82) is 0 Å². The Morgan fingerprint density at radius 3 is 2.52 bits per heavy atom. The summed E-state index contributed by atoms with van der Waals surface area (Å²) in [6, 6.07) is 6.05. The predicted molar refractivity (Wildman–Crippen MR) is 99.1 cm³/mol. The van der Waals surface area contributed by atoms with Crippen molar-refractivity contribution in [2.24, 2.45) is 0 Å². The van der Waals surface area contributed by atoms with E-state index in [0.717, 1.165) is 23.4 Å². The van der Waals surface area contributed by atoms with E-state index in [1.807, 2.05) is 39.0 Å². The number of rotatable bonds is 5. The van der Waals surface area contributed by atoms with Gasteiger partial charge in [0.15, 0.2) is 9.84 Å². The van der Waals surface area contributed by atoms with Crippen LogP contribution in [0.4, 0.5) is 0 Å². The molecule has 2 aromatic rings. The zero-order chi connectivity index (χ0) is 18.2. The first-order valence-electron chi connectivity index (χ1n) is 8.36. The minimum atomic E-state index is -2.92. The van der Waals surface area contributed by atoms with Gasteiger partial charge in [0.2, 0.25) is 4.77 Å². The molecule has 136 valence electrons. The van der Waals surface area contributed by atoms with Crippen molar-refractivity contribution in [3.63, 3.8) is 0 Å². The van der Waals surface area contributed by atoms with Gasteiger partial charge in [-0.25, -0.2) is 13.1 Å². The van der Waals surface area contributed by atoms with E-state index in [0.29, 0.717) is 17.9 Å². The van der Waals surface area contributed by atoms with E-state index in [4.69, 9.17) is 12.2 Å². The molecule has 25 heavy (non-hydrogen) atoms. The Bertz CT molecular complexity index is 912. The van der Waals surface area contributed by atoms with Gasteiger partial charge in [-0.1, -0.05) is 25.1 Å². The molecule has 1 aromatic carbocycles. The maximum atomic E-state index is 11.8. The number of hydrogen-bond acceptors (Lipinski definition) is 6. The molecule has 0 amide bonds. The molecule has 0 saturated carbocycles. The van der Waals surface area contributed by atoms with Crippen molar-refractivity contribution in [2.75, 3.05) is 18.1 Å². The minimum Gasteiger partial charge on any atom is -0.280 e. The molecular formula is C16H23N5O2S2. The highest BCUT2D eigenvalue weighted by Gasteiger charge is 2.32. The monoisotopic (exact) mass is 381 g/mol. The van der Waals surface area contributed by atoms with Crippen LogP contribution in [0.25, 0.3) is 5.69 Å². The summed E-state index contributed by atoms with van der Waals surface area (Å²) >= 11 is 5.57. The molecule has 0 N–H and O–H groups in total. The van der Waals surface area contributed by atoms with Crippen molar-refractivity contribution in [1.82, 2.24) is 24.7 Å². The first kappa shape index (κ1) is 18.2. The standard InChI is InChI=1S/C16H23N5O2S2/c1-4-19(14-8-9-25(22,23)10-14)11-20-16(24)21(18-17-20)15-12(2)6-5-7-13(15)3/h5-7,14H,4,8-11H2,1-3H3/t14-/m1/s1. The highest BCUT2D eigenvalue weighted by atomic mass is 32.2. The van der Waals surface area contributed by atoms with Gasteiger partial charge in [-0.05, 0) is 60.6 Å². The highest BCUT2D eigenvalue weighted by molar-refractivity contribution is 7.91. The lowest BCUT2D eigenvalue weighted by atomic mass is 10.1. The van der Waals surface area contributed by atoms with E-state index in [1.54, 1.807) is 9.36 Å². The zero-order valence-electron chi connectivity index (χ0n) is 14.7. The smallest absolute Gasteiger partial charge is 0.221 e. The lowest BCUT2D eigenvalue weighted by Crippen LogP contribution is -2.37. The number of aromatic nitrogens is 4. The Labute approximate surface area is 153 Å². The average Bonchev–Trinajstić information content (AvgIpc) is 3.08. The largest absolute Gasteiger partial charge is 0.280 e. The van der Waals surface area contributed by atoms with Gasteiger partial charge < -0.3 is 0 Å². The minimum absolute atomic E-state index is 0.0160. The number of para-hydroxylation sites is 1. The van der Waals surface area contributed by atoms with Crippen LogP contribution in [-0.4, -0.2) is 57.2 Å². The van der Waals surface area contributed by atoms with E-state index in [2.05, 4.69) is 15.3 Å². The lowest BCUT2D eigenvalue weighted by molar-refractivity contribution is 0.162. The molecule has 1 fully saturated rings. The molecule has 2 heterocycles. The molecule has 0 radical (unpaired) electrons. The Balaban J connectivity index is 1.88. The normalized spacial score (nSPS) is 19.6. The zero-order valence-corrected chi connectivity index (χ0v) is 16.3. The molecule has 1 atom stereocenters. The number of sulfone groups is 1. The number of aryl methyl sites for hydroxylation is 2. The molecule has 9 heteroatoms. The van der Waals surface area contributed by atoms with Crippen molar-refractivity contribution >= 4 is 22.1 Å². The molecule has 0 unspecified atom stereocenters. The summed E-state index contributed by atoms with van der Waals surface area (Å²) in [5.41, 5.74) is 3.11. The molecule has 3 rings (SSSR count). The Morgan fingerprint density at radius 2 is 1.96 bits per heavy atom. The third-order valence-electron chi connectivity index (χ3n) is 4.74. The fourth-order valence-corrected chi connectivity index (χ4v) is 5.34. The van der Waals surface area contributed by atoms with Crippen LogP contribution in [0.5, 0.6) is 0 Å². The molecule has 1 saturated heterocycles. The molecule has 0 spiro atoms. The molecule has 1 aliphatic heterocycles. The number of tetrazole rings is 1. The van der Waals surface area contributed by atoms with Gasteiger partial charge in [-0.3, -0.25) is 4.90 Å². The summed E-state index contributed by atoms with van der Waals surface area (Å²) in [5.74, 6) is 0.466. The van der Waals surface area contributed by atoms with Gasteiger partial charge in [-0.2, -0.15) is 4.68 Å². The van der Waals surface area contributed by atoms with Crippen molar-refractivity contribution in [3.8, 4) is 5.69 Å². The van der Waals surface area contributed by atoms with Crippen LogP contribution in [0.3, 0.4) is 0 Å². The highest BCUT2D eigenvalue weighted by Crippen LogP contribution is 2.20. The second kappa shape index (κ2) is 6.97. The van der Waals surface area contributed by atoms with E-state index in [-0.39, 0.29) is 17.5 Å². The first-order valence-corrected chi connectivity index (χ1v) is 10.6. The fourth-order valence-electron chi connectivity index (χ4n) is 3.35. The number of hydrogen-bond donors (Lipinski definition) is 0. The van der Waals surface area contributed by atoms with Gasteiger partial charge in [0.25, 0.3) is 0 Å². The summed E-state index contributed by atoms with van der Waals surface area (Å²) in [6.45, 7) is 7.23. The van der Waals surface area contributed by atoms with Crippen molar-refractivity contribution < 1.29 is 8.42 Å². The quantitative estimate of drug-likeness (QED) is 0.737. The van der Waals surface area contributed by atoms with Crippen LogP contribution in [0, 0.1) is 18.6 Å². The molecule has 0 bridgehead atoms. The van der Waals surface area contributed by atoms with Gasteiger partial charge in [-0.15, -0.1) is 0 Å². The Kier molecular flexibility index (Phi) is 5.08. The molecule has 1 aromatic heterocycles. The maximum absolute atomic E-state index is 11.8. The summed E-state index contributed by atoms with van der Waals surface area (Å²) in [4.78, 5) is 2.10. The maximum Gasteiger partial charge on any atom is 0.221 e. The molecule has 0 aliphatic carbocycles. The lowest BCUT2D eigenvalue weighted by Gasteiger charge is -2.25. The summed E-state index contributed by atoms with van der Waals surface area (Å²) in [7, 11) is -2.92. The van der Waals surface area contributed by atoms with Crippen molar-refractivity contribution in [3.05, 3.63) is 34.1 Å². The van der Waals surface area contributed by atoms with Crippen LogP contribution < -0.4 is 0 Å². The average molecular weight is 382 g/mol. The van der Waals surface area contributed by atoms with Crippen LogP contribution >= 0.6 is 12.2 Å². The van der Waals surface area contributed by atoms with E-state index in [9.17, 15) is 8.42 Å². The summed E-state index contributed by atoms with van der Waals surface area (Å²) in [6.07, 6.45) is 0.661. The molecular weight excluding hydrogens is 358 g/mol. The van der Waals surface area contributed by atoms with E-state index < -0.39 is 9.84 Å². The topological polar surface area (TPSA) is 73.0 Å².